The Balaban J connectivity index is 1.89. The van der Waals surface area contributed by atoms with Crippen molar-refractivity contribution in [1.82, 2.24) is 0 Å². The molecule has 8 heteroatoms. The molecule has 0 unspecified atom stereocenters. The third-order valence-electron chi connectivity index (χ3n) is 7.36. The summed E-state index contributed by atoms with van der Waals surface area (Å²) in [4.78, 5) is 11.5. The zero-order chi connectivity index (χ0) is 29.8. The molecule has 1 aromatic carbocycles. The SMILES string of the molecule is CCOC(=O)CC/C(C)=C/CC/C(C)=C/CCC(C)=CCc1cc(O[C@@H]2OC[C@@H](O)[C@H](O)[C@H]2O)c(C)c(C)c1O. The van der Waals surface area contributed by atoms with Gasteiger partial charge in [0.1, 0.15) is 29.8 Å². The zero-order valence-electron chi connectivity index (χ0n) is 24.9. The van der Waals surface area contributed by atoms with E-state index < -0.39 is 24.6 Å². The van der Waals surface area contributed by atoms with Crippen LogP contribution in [0.5, 0.6) is 11.5 Å². The van der Waals surface area contributed by atoms with Crippen molar-refractivity contribution >= 4 is 5.97 Å². The number of carbonyl (C=O) groups is 1. The van der Waals surface area contributed by atoms with Gasteiger partial charge in [0.05, 0.1) is 13.2 Å². The molecule has 1 aromatic rings. The van der Waals surface area contributed by atoms with Gasteiger partial charge < -0.3 is 34.6 Å². The quantitative estimate of drug-likeness (QED) is 0.183. The summed E-state index contributed by atoms with van der Waals surface area (Å²) >= 11 is 0. The van der Waals surface area contributed by atoms with Gasteiger partial charge in [-0.2, -0.15) is 0 Å². The van der Waals surface area contributed by atoms with Gasteiger partial charge in [-0.25, -0.2) is 0 Å². The van der Waals surface area contributed by atoms with E-state index in [1.165, 1.54) is 16.7 Å². The van der Waals surface area contributed by atoms with E-state index in [1.54, 1.807) is 13.0 Å². The Kier molecular flexibility index (Phi) is 13.9. The lowest BCUT2D eigenvalue weighted by Gasteiger charge is -2.35. The lowest BCUT2D eigenvalue weighted by atomic mass is 9.99. The standard InChI is InChI=1S/C32H48O8/c1-7-38-28(34)17-15-22(4)13-9-11-20(2)10-8-12-21(3)14-16-25-18-27(23(5)24(6)29(25)35)40-32-31(37)30(36)26(33)19-39-32/h10,13-14,18,26,30-33,35-37H,7-9,11-12,15-17,19H2,1-6H3/b20-10+,21-14?,22-13+/t26-,30+,31-,32+/m1/s1. The highest BCUT2D eigenvalue weighted by Crippen LogP contribution is 2.35. The van der Waals surface area contributed by atoms with Crippen LogP contribution in [0.25, 0.3) is 0 Å². The molecule has 1 fully saturated rings. The van der Waals surface area contributed by atoms with Crippen molar-refractivity contribution in [3.05, 3.63) is 57.7 Å². The molecule has 0 amide bonds. The number of aromatic hydroxyl groups is 1. The molecule has 1 aliphatic heterocycles. The van der Waals surface area contributed by atoms with Gasteiger partial charge in [0, 0.05) is 12.0 Å². The van der Waals surface area contributed by atoms with Crippen LogP contribution in [0, 0.1) is 13.8 Å². The lowest BCUT2D eigenvalue weighted by Crippen LogP contribution is -2.54. The number of phenolic OH excluding ortho intramolecular Hbond substituents is 1. The molecule has 4 N–H and O–H groups in total. The van der Waals surface area contributed by atoms with E-state index in [2.05, 4.69) is 39.0 Å². The minimum Gasteiger partial charge on any atom is -0.507 e. The number of aliphatic hydroxyl groups excluding tert-OH is 3. The summed E-state index contributed by atoms with van der Waals surface area (Å²) in [7, 11) is 0. The van der Waals surface area contributed by atoms with Gasteiger partial charge in [-0.3, -0.25) is 4.79 Å². The van der Waals surface area contributed by atoms with Crippen molar-refractivity contribution < 1.29 is 39.4 Å². The second-order valence-electron chi connectivity index (χ2n) is 10.7. The van der Waals surface area contributed by atoms with Gasteiger partial charge in [0.2, 0.25) is 6.29 Å². The summed E-state index contributed by atoms with van der Waals surface area (Å²) in [5.41, 5.74) is 5.83. The summed E-state index contributed by atoms with van der Waals surface area (Å²) in [5.74, 6) is 0.510. The largest absolute Gasteiger partial charge is 0.507 e. The predicted octanol–water partition coefficient (Wildman–Crippen LogP) is 5.11. The first-order valence-corrected chi connectivity index (χ1v) is 14.2. The normalized spacial score (nSPS) is 22.4. The van der Waals surface area contributed by atoms with Crippen LogP contribution in [0.3, 0.4) is 0 Å². The summed E-state index contributed by atoms with van der Waals surface area (Å²) in [5, 5.41) is 40.6. The molecular formula is C32H48O8. The first-order valence-electron chi connectivity index (χ1n) is 14.2. The van der Waals surface area contributed by atoms with Crippen molar-refractivity contribution in [2.24, 2.45) is 0 Å². The number of hydrogen-bond acceptors (Lipinski definition) is 8. The summed E-state index contributed by atoms with van der Waals surface area (Å²) in [6.07, 6.45) is 6.96. The number of allylic oxidation sites excluding steroid dienone is 6. The van der Waals surface area contributed by atoms with Gasteiger partial charge in [-0.1, -0.05) is 34.9 Å². The Morgan fingerprint density at radius 3 is 2.15 bits per heavy atom. The molecule has 0 saturated carbocycles. The number of ether oxygens (including phenoxy) is 3. The van der Waals surface area contributed by atoms with Crippen molar-refractivity contribution in [2.75, 3.05) is 13.2 Å². The van der Waals surface area contributed by atoms with Crippen molar-refractivity contribution in [2.45, 2.75) is 111 Å². The molecule has 0 aromatic heterocycles. The highest BCUT2D eigenvalue weighted by molar-refractivity contribution is 5.69. The molecule has 1 aliphatic rings. The average molecular weight is 561 g/mol. The molecule has 40 heavy (non-hydrogen) atoms. The van der Waals surface area contributed by atoms with Crippen LogP contribution in [0.4, 0.5) is 0 Å². The maximum Gasteiger partial charge on any atom is 0.306 e. The Morgan fingerprint density at radius 2 is 1.52 bits per heavy atom. The number of esters is 1. The average Bonchev–Trinajstić information content (AvgIpc) is 2.91. The topological polar surface area (TPSA) is 126 Å². The fraction of sp³-hybridized carbons (Fsp3) is 0.594. The van der Waals surface area contributed by atoms with E-state index >= 15 is 0 Å². The Morgan fingerprint density at radius 1 is 0.925 bits per heavy atom. The molecule has 0 aliphatic carbocycles. The maximum atomic E-state index is 11.5. The van der Waals surface area contributed by atoms with Crippen LogP contribution < -0.4 is 4.74 Å². The third-order valence-corrected chi connectivity index (χ3v) is 7.36. The van der Waals surface area contributed by atoms with Gasteiger partial charge in [0.15, 0.2) is 0 Å². The van der Waals surface area contributed by atoms with Gasteiger partial charge in [-0.15, -0.1) is 0 Å². The van der Waals surface area contributed by atoms with Crippen LogP contribution in [-0.4, -0.2) is 64.2 Å². The highest BCUT2D eigenvalue weighted by atomic mass is 16.7. The van der Waals surface area contributed by atoms with Crippen LogP contribution >= 0.6 is 0 Å². The molecule has 224 valence electrons. The van der Waals surface area contributed by atoms with Crippen LogP contribution in [-0.2, 0) is 20.7 Å². The third kappa shape index (κ3) is 10.4. The van der Waals surface area contributed by atoms with E-state index in [9.17, 15) is 25.2 Å². The molecular weight excluding hydrogens is 512 g/mol. The lowest BCUT2D eigenvalue weighted by molar-refractivity contribution is -0.242. The van der Waals surface area contributed by atoms with Gasteiger partial charge in [0.25, 0.3) is 0 Å². The van der Waals surface area contributed by atoms with Crippen LogP contribution in [0.2, 0.25) is 0 Å². The molecule has 1 heterocycles. The van der Waals surface area contributed by atoms with E-state index in [1.807, 2.05) is 13.8 Å². The number of phenols is 1. The Hall–Kier alpha value is -2.65. The van der Waals surface area contributed by atoms with E-state index in [4.69, 9.17) is 14.2 Å². The smallest absolute Gasteiger partial charge is 0.306 e. The Bertz CT molecular complexity index is 1070. The summed E-state index contributed by atoms with van der Waals surface area (Å²) < 4.78 is 16.2. The van der Waals surface area contributed by atoms with Gasteiger partial charge >= 0.3 is 5.97 Å². The number of aliphatic hydroxyl groups is 3. The summed E-state index contributed by atoms with van der Waals surface area (Å²) in [6, 6.07) is 1.74. The van der Waals surface area contributed by atoms with E-state index in [-0.39, 0.29) is 18.3 Å². The van der Waals surface area contributed by atoms with Gasteiger partial charge in [-0.05, 0) is 97.3 Å². The van der Waals surface area contributed by atoms with E-state index in [0.29, 0.717) is 41.9 Å². The second kappa shape index (κ2) is 16.6. The van der Waals surface area contributed by atoms with Crippen molar-refractivity contribution in [1.29, 1.82) is 0 Å². The minimum atomic E-state index is -1.39. The molecule has 8 nitrogen and oxygen atoms in total. The van der Waals surface area contributed by atoms with E-state index in [0.717, 1.165) is 32.1 Å². The van der Waals surface area contributed by atoms with Crippen LogP contribution in [0.15, 0.2) is 41.0 Å². The first kappa shape index (κ1) is 33.6. The fourth-order valence-corrected chi connectivity index (χ4v) is 4.44. The molecule has 1 saturated heterocycles. The maximum absolute atomic E-state index is 11.5. The second-order valence-corrected chi connectivity index (χ2v) is 10.7. The molecule has 0 spiro atoms. The van der Waals surface area contributed by atoms with Crippen LogP contribution in [0.1, 0.15) is 82.9 Å². The molecule has 4 atom stereocenters. The number of rotatable bonds is 14. The molecule has 0 radical (unpaired) electrons. The Labute approximate surface area is 239 Å². The number of hydrogen-bond donors (Lipinski definition) is 4. The molecule has 2 rings (SSSR count). The molecule has 0 bridgehead atoms. The fourth-order valence-electron chi connectivity index (χ4n) is 4.44. The summed E-state index contributed by atoms with van der Waals surface area (Å²) in [6.45, 7) is 12.0. The predicted molar refractivity (Wildman–Crippen MR) is 155 cm³/mol. The van der Waals surface area contributed by atoms with Crippen molar-refractivity contribution in [3.8, 4) is 11.5 Å². The van der Waals surface area contributed by atoms with Crippen molar-refractivity contribution in [3.63, 3.8) is 0 Å². The monoisotopic (exact) mass is 560 g/mol. The number of benzene rings is 1. The minimum absolute atomic E-state index is 0.144. The highest BCUT2D eigenvalue weighted by Gasteiger charge is 2.39. The zero-order valence-corrected chi connectivity index (χ0v) is 24.9. The first-order chi connectivity index (χ1) is 18.9. The number of carbonyl (C=O) groups excluding carboxylic acids is 1.